The minimum Gasteiger partial charge on any atom is -0.267 e. The third-order valence-corrected chi connectivity index (χ3v) is 5.69. The van der Waals surface area contributed by atoms with E-state index in [1.807, 2.05) is 0 Å². The van der Waals surface area contributed by atoms with Crippen LogP contribution in [0.1, 0.15) is 15.9 Å². The van der Waals surface area contributed by atoms with Crippen molar-refractivity contribution in [1.29, 1.82) is 0 Å². The molecule has 132 valence electrons. The van der Waals surface area contributed by atoms with Crippen molar-refractivity contribution in [3.8, 4) is 0 Å². The summed E-state index contributed by atoms with van der Waals surface area (Å²) in [5, 5.41) is 2.09. The topological polar surface area (TPSA) is 49.4 Å². The molecule has 9 heteroatoms. The zero-order valence-electron chi connectivity index (χ0n) is 12.8. The number of halogens is 3. The Morgan fingerprint density at radius 2 is 1.65 bits per heavy atom. The maximum Gasteiger partial charge on any atom is 0.285 e. The maximum absolute atomic E-state index is 12.6. The zero-order valence-corrected chi connectivity index (χ0v) is 16.7. The normalized spacial score (nSPS) is 15.7. The highest BCUT2D eigenvalue weighted by Crippen LogP contribution is 2.35. The molecule has 1 aliphatic heterocycles. The van der Waals surface area contributed by atoms with Crippen LogP contribution in [0.15, 0.2) is 47.4 Å². The minimum absolute atomic E-state index is 0.185. The molecule has 0 aromatic heterocycles. The maximum atomic E-state index is 12.6. The van der Waals surface area contributed by atoms with Crippen molar-refractivity contribution in [3.63, 3.8) is 0 Å². The minimum atomic E-state index is -0.538. The van der Waals surface area contributed by atoms with E-state index in [1.54, 1.807) is 48.5 Å². The lowest BCUT2D eigenvalue weighted by atomic mass is 10.2. The number of carbonyl (C=O) groups excluding carboxylic acids is 2. The first-order chi connectivity index (χ1) is 12.4. The lowest BCUT2D eigenvalue weighted by Gasteiger charge is -2.16. The number of hydrogen-bond donors (Lipinski definition) is 1. The molecule has 0 aliphatic carbocycles. The molecule has 1 N–H and O–H groups in total. The largest absolute Gasteiger partial charge is 0.285 e. The monoisotopic (exact) mass is 442 g/mol. The predicted molar refractivity (Wildman–Crippen MR) is 110 cm³/mol. The standard InChI is InChI=1S/C17H9Cl3N2O2S2/c18-11-5-2-1-4-9(11)15(23)21-22-16(24)14(26-17(22)25)8-10-12(19)6-3-7-13(10)20/h1-8H,(H,21,23)/b14-8-. The van der Waals surface area contributed by atoms with Gasteiger partial charge in [0.25, 0.3) is 11.8 Å². The fourth-order valence-electron chi connectivity index (χ4n) is 2.15. The average Bonchev–Trinajstić information content (AvgIpc) is 2.86. The summed E-state index contributed by atoms with van der Waals surface area (Å²) in [6, 6.07) is 11.5. The Kier molecular flexibility index (Phi) is 5.89. The van der Waals surface area contributed by atoms with E-state index in [-0.39, 0.29) is 14.9 Å². The van der Waals surface area contributed by atoms with Gasteiger partial charge in [0.05, 0.1) is 15.5 Å². The second-order valence-electron chi connectivity index (χ2n) is 5.07. The number of rotatable bonds is 3. The molecule has 2 aromatic carbocycles. The van der Waals surface area contributed by atoms with Crippen molar-refractivity contribution >= 4 is 81.0 Å². The lowest BCUT2D eigenvalue weighted by Crippen LogP contribution is -2.44. The summed E-state index contributed by atoms with van der Waals surface area (Å²) < 4.78 is 0.185. The summed E-state index contributed by atoms with van der Waals surface area (Å²) >= 11 is 24.5. The average molecular weight is 444 g/mol. The third kappa shape index (κ3) is 3.89. The van der Waals surface area contributed by atoms with Crippen LogP contribution in [0.2, 0.25) is 15.1 Å². The van der Waals surface area contributed by atoms with E-state index in [0.717, 1.165) is 16.8 Å². The van der Waals surface area contributed by atoms with Crippen molar-refractivity contribution in [2.24, 2.45) is 0 Å². The van der Waals surface area contributed by atoms with E-state index < -0.39 is 11.8 Å². The van der Waals surface area contributed by atoms with Crippen LogP contribution < -0.4 is 5.43 Å². The van der Waals surface area contributed by atoms with E-state index in [0.29, 0.717) is 20.5 Å². The summed E-state index contributed by atoms with van der Waals surface area (Å²) in [5.41, 5.74) is 3.22. The molecular formula is C17H9Cl3N2O2S2. The summed E-state index contributed by atoms with van der Waals surface area (Å²) in [6.45, 7) is 0. The molecule has 0 saturated carbocycles. The van der Waals surface area contributed by atoms with Crippen LogP contribution in [0.5, 0.6) is 0 Å². The van der Waals surface area contributed by atoms with Crippen LogP contribution in [-0.2, 0) is 4.79 Å². The molecule has 0 spiro atoms. The molecule has 1 aliphatic rings. The first kappa shape index (κ1) is 19.2. The highest BCUT2D eigenvalue weighted by molar-refractivity contribution is 8.26. The first-order valence-electron chi connectivity index (χ1n) is 7.16. The van der Waals surface area contributed by atoms with Gasteiger partial charge in [0, 0.05) is 15.6 Å². The van der Waals surface area contributed by atoms with Gasteiger partial charge in [-0.2, -0.15) is 5.01 Å². The van der Waals surface area contributed by atoms with Crippen LogP contribution in [-0.4, -0.2) is 21.1 Å². The van der Waals surface area contributed by atoms with E-state index >= 15 is 0 Å². The van der Waals surface area contributed by atoms with Gasteiger partial charge in [0.15, 0.2) is 4.32 Å². The van der Waals surface area contributed by atoms with Gasteiger partial charge in [0.1, 0.15) is 0 Å². The molecule has 2 amide bonds. The molecule has 1 fully saturated rings. The van der Waals surface area contributed by atoms with E-state index in [1.165, 1.54) is 0 Å². The van der Waals surface area contributed by atoms with Crippen molar-refractivity contribution in [3.05, 3.63) is 73.6 Å². The van der Waals surface area contributed by atoms with Gasteiger partial charge < -0.3 is 0 Å². The van der Waals surface area contributed by atoms with Crippen molar-refractivity contribution < 1.29 is 9.59 Å². The number of amides is 2. The molecule has 1 saturated heterocycles. The van der Waals surface area contributed by atoms with E-state index in [4.69, 9.17) is 47.0 Å². The number of thioether (sulfide) groups is 1. The Morgan fingerprint density at radius 3 is 2.31 bits per heavy atom. The fraction of sp³-hybridized carbons (Fsp3) is 0. The van der Waals surface area contributed by atoms with E-state index in [9.17, 15) is 9.59 Å². The molecule has 26 heavy (non-hydrogen) atoms. The second-order valence-corrected chi connectivity index (χ2v) is 7.97. The van der Waals surface area contributed by atoms with Gasteiger partial charge in [-0.3, -0.25) is 15.0 Å². The molecule has 4 nitrogen and oxygen atoms in total. The highest BCUT2D eigenvalue weighted by Gasteiger charge is 2.34. The molecule has 1 heterocycles. The SMILES string of the molecule is O=C(NN1C(=O)/C(=C/c2c(Cl)cccc2Cl)SC1=S)c1ccccc1Cl. The Hall–Kier alpha value is -1.57. The number of hydrazine groups is 1. The van der Waals surface area contributed by atoms with Crippen molar-refractivity contribution in [2.75, 3.05) is 0 Å². The summed E-state index contributed by atoms with van der Waals surface area (Å²) in [5.74, 6) is -1.01. The van der Waals surface area contributed by atoms with Gasteiger partial charge in [-0.05, 0) is 42.6 Å². The predicted octanol–water partition coefficient (Wildman–Crippen LogP) is 5.19. The van der Waals surface area contributed by atoms with Crippen LogP contribution in [0, 0.1) is 0 Å². The molecular weight excluding hydrogens is 435 g/mol. The Bertz CT molecular complexity index is 943. The van der Waals surface area contributed by atoms with Gasteiger partial charge in [-0.15, -0.1) is 0 Å². The fourth-order valence-corrected chi connectivity index (χ4v) is 4.04. The molecule has 0 radical (unpaired) electrons. The zero-order chi connectivity index (χ0) is 18.8. The van der Waals surface area contributed by atoms with E-state index in [2.05, 4.69) is 5.43 Å². The first-order valence-corrected chi connectivity index (χ1v) is 9.52. The number of nitrogens with one attached hydrogen (secondary N) is 1. The number of nitrogens with zero attached hydrogens (tertiary/aromatic N) is 1. The Morgan fingerprint density at radius 1 is 1.04 bits per heavy atom. The quantitative estimate of drug-likeness (QED) is 0.524. The summed E-state index contributed by atoms with van der Waals surface area (Å²) in [6.07, 6.45) is 1.55. The van der Waals surface area contributed by atoms with Crippen LogP contribution in [0.4, 0.5) is 0 Å². The van der Waals surface area contributed by atoms with Crippen LogP contribution in [0.25, 0.3) is 6.08 Å². The molecule has 2 aromatic rings. The summed E-state index contributed by atoms with van der Waals surface area (Å²) in [7, 11) is 0. The number of carbonyl (C=O) groups is 2. The molecule has 0 bridgehead atoms. The smallest absolute Gasteiger partial charge is 0.267 e. The van der Waals surface area contributed by atoms with Crippen molar-refractivity contribution in [2.45, 2.75) is 0 Å². The number of benzene rings is 2. The summed E-state index contributed by atoms with van der Waals surface area (Å²) in [4.78, 5) is 25.3. The lowest BCUT2D eigenvalue weighted by molar-refractivity contribution is -0.123. The van der Waals surface area contributed by atoms with Crippen molar-refractivity contribution in [1.82, 2.24) is 10.4 Å². The van der Waals surface area contributed by atoms with Crippen LogP contribution in [0.3, 0.4) is 0 Å². The van der Waals surface area contributed by atoms with Gasteiger partial charge >= 0.3 is 0 Å². The second kappa shape index (κ2) is 7.98. The van der Waals surface area contributed by atoms with Gasteiger partial charge in [-0.25, -0.2) is 0 Å². The highest BCUT2D eigenvalue weighted by atomic mass is 35.5. The Balaban J connectivity index is 1.85. The third-order valence-electron chi connectivity index (χ3n) is 3.40. The number of thiocarbonyl (C=S) groups is 1. The van der Waals surface area contributed by atoms with Crippen LogP contribution >= 0.6 is 58.8 Å². The Labute approximate surface area is 174 Å². The molecule has 3 rings (SSSR count). The molecule has 0 atom stereocenters. The number of hydrogen-bond acceptors (Lipinski definition) is 4. The van der Waals surface area contributed by atoms with Gasteiger partial charge in [0.2, 0.25) is 0 Å². The van der Waals surface area contributed by atoms with Gasteiger partial charge in [-0.1, -0.05) is 64.8 Å². The molecule has 0 unspecified atom stereocenters.